The molecule has 9 nitrogen and oxygen atoms in total. The molecule has 0 bridgehead atoms. The molecule has 0 saturated heterocycles. The van der Waals surface area contributed by atoms with Gasteiger partial charge in [-0.25, -0.2) is 13.1 Å². The van der Waals surface area contributed by atoms with E-state index in [9.17, 15) is 18.0 Å². The van der Waals surface area contributed by atoms with Crippen molar-refractivity contribution in [3.63, 3.8) is 0 Å². The normalized spacial score (nSPS) is 15.4. The smallest absolute Gasteiger partial charge is 0.261 e. The highest BCUT2D eigenvalue weighted by Crippen LogP contribution is 2.22. The zero-order chi connectivity index (χ0) is 18.9. The van der Waals surface area contributed by atoms with E-state index in [4.69, 9.17) is 0 Å². The Labute approximate surface area is 151 Å². The predicted molar refractivity (Wildman–Crippen MR) is 92.8 cm³/mol. The van der Waals surface area contributed by atoms with Gasteiger partial charge < -0.3 is 4.57 Å². The number of aryl methyl sites for hydroxylation is 1. The third kappa shape index (κ3) is 3.51. The first kappa shape index (κ1) is 18.2. The van der Waals surface area contributed by atoms with Crippen LogP contribution in [0.25, 0.3) is 0 Å². The second-order valence-electron chi connectivity index (χ2n) is 6.12. The second-order valence-corrected chi connectivity index (χ2v) is 7.99. The van der Waals surface area contributed by atoms with Gasteiger partial charge in [0.25, 0.3) is 11.8 Å². The van der Waals surface area contributed by atoms with Crippen molar-refractivity contribution in [3.8, 4) is 0 Å². The Morgan fingerprint density at radius 2 is 1.77 bits per heavy atom. The first-order valence-corrected chi connectivity index (χ1v) is 9.74. The molecule has 0 fully saturated rings. The average Bonchev–Trinajstić information content (AvgIpc) is 3.12. The summed E-state index contributed by atoms with van der Waals surface area (Å²) in [4.78, 5) is 25.6. The lowest BCUT2D eigenvalue weighted by molar-refractivity contribution is 0.0654. The summed E-state index contributed by atoms with van der Waals surface area (Å²) < 4.78 is 28.6. The molecule has 2 amide bonds. The van der Waals surface area contributed by atoms with Crippen LogP contribution in [0, 0.1) is 0 Å². The van der Waals surface area contributed by atoms with Gasteiger partial charge in [-0.05, 0) is 25.5 Å². The van der Waals surface area contributed by atoms with Crippen LogP contribution in [0.1, 0.15) is 45.9 Å². The zero-order valence-electron chi connectivity index (χ0n) is 14.4. The van der Waals surface area contributed by atoms with Crippen molar-refractivity contribution in [2.45, 2.75) is 19.4 Å². The quantitative estimate of drug-likeness (QED) is 0.702. The molecule has 0 unspecified atom stereocenters. The molecule has 2 aromatic rings. The molecule has 0 radical (unpaired) electrons. The number of imide groups is 1. The van der Waals surface area contributed by atoms with Crippen LogP contribution in [0.15, 0.2) is 30.6 Å². The number of hydrogen-bond acceptors (Lipinski definition) is 6. The molecule has 0 aliphatic carbocycles. The number of amides is 2. The number of nitrogens with zero attached hydrogens (tertiary/aromatic N) is 4. The number of carbonyl (C=O) groups excluding carboxylic acids is 2. The van der Waals surface area contributed by atoms with Crippen molar-refractivity contribution in [1.29, 1.82) is 0 Å². The van der Waals surface area contributed by atoms with Crippen LogP contribution >= 0.6 is 0 Å². The number of fused-ring (bicyclic) bond motifs is 1. The van der Waals surface area contributed by atoms with Gasteiger partial charge in [0.15, 0.2) is 0 Å². The van der Waals surface area contributed by atoms with Crippen LogP contribution in [0.5, 0.6) is 0 Å². The summed E-state index contributed by atoms with van der Waals surface area (Å²) in [5, 5.41) is 7.59. The minimum atomic E-state index is -3.60. The van der Waals surface area contributed by atoms with Crippen LogP contribution < -0.4 is 4.72 Å². The number of benzene rings is 1. The molecule has 0 spiro atoms. The lowest BCUT2D eigenvalue weighted by Gasteiger charge is -2.16. The standard InChI is InChI=1S/C16H19N5O4S/c1-11(14-18-17-10-20(14)2)19-26(24,25)9-5-8-21-15(22)12-6-3-4-7-13(12)16(21)23/h3-4,6-7,10-11,19H,5,8-9H2,1-2H3/t11-/m1/s1. The fourth-order valence-corrected chi connectivity index (χ4v) is 4.19. The van der Waals surface area contributed by atoms with Crippen LogP contribution in [0.3, 0.4) is 0 Å². The van der Waals surface area contributed by atoms with E-state index >= 15 is 0 Å². The Kier molecular flexibility index (Phi) is 4.88. The SMILES string of the molecule is C[C@@H](NS(=O)(=O)CCCN1C(=O)c2ccccc2C1=O)c1nncn1C. The van der Waals surface area contributed by atoms with Gasteiger partial charge in [0.05, 0.1) is 22.9 Å². The summed E-state index contributed by atoms with van der Waals surface area (Å²) in [5.74, 6) is -0.483. The number of hydrogen-bond donors (Lipinski definition) is 1. The van der Waals surface area contributed by atoms with Crippen molar-refractivity contribution in [2.24, 2.45) is 7.05 Å². The fraction of sp³-hybridized carbons (Fsp3) is 0.375. The minimum Gasteiger partial charge on any atom is -0.319 e. The number of nitrogens with one attached hydrogen (secondary N) is 1. The number of carbonyl (C=O) groups is 2. The third-order valence-electron chi connectivity index (χ3n) is 4.16. The maximum Gasteiger partial charge on any atom is 0.261 e. The van der Waals surface area contributed by atoms with Gasteiger partial charge in [-0.3, -0.25) is 14.5 Å². The van der Waals surface area contributed by atoms with E-state index in [1.807, 2.05) is 0 Å². The van der Waals surface area contributed by atoms with E-state index in [0.29, 0.717) is 17.0 Å². The largest absolute Gasteiger partial charge is 0.319 e. The highest BCUT2D eigenvalue weighted by Gasteiger charge is 2.34. The number of sulfonamides is 1. The lowest BCUT2D eigenvalue weighted by atomic mass is 10.1. The monoisotopic (exact) mass is 377 g/mol. The summed E-state index contributed by atoms with van der Waals surface area (Å²) in [6.45, 7) is 1.72. The fourth-order valence-electron chi connectivity index (χ4n) is 2.92. The van der Waals surface area contributed by atoms with E-state index in [-0.39, 0.29) is 30.5 Å². The van der Waals surface area contributed by atoms with Crippen molar-refractivity contribution in [3.05, 3.63) is 47.5 Å². The minimum absolute atomic E-state index is 0.0472. The molecular weight excluding hydrogens is 358 g/mol. The Morgan fingerprint density at radius 3 is 2.31 bits per heavy atom. The number of aromatic nitrogens is 3. The van der Waals surface area contributed by atoms with Crippen molar-refractivity contribution >= 4 is 21.8 Å². The molecule has 138 valence electrons. The van der Waals surface area contributed by atoms with Gasteiger partial charge in [0.2, 0.25) is 10.0 Å². The third-order valence-corrected chi connectivity index (χ3v) is 5.70. The van der Waals surface area contributed by atoms with Crippen LogP contribution in [0.4, 0.5) is 0 Å². The summed E-state index contributed by atoms with van der Waals surface area (Å²) in [5.41, 5.74) is 0.712. The highest BCUT2D eigenvalue weighted by molar-refractivity contribution is 7.89. The molecule has 10 heteroatoms. The summed E-state index contributed by atoms with van der Waals surface area (Å²) in [7, 11) is -1.87. The Balaban J connectivity index is 1.57. The van der Waals surface area contributed by atoms with Gasteiger partial charge in [0.1, 0.15) is 12.2 Å². The topological polar surface area (TPSA) is 114 Å². The van der Waals surface area contributed by atoms with Crippen molar-refractivity contribution in [1.82, 2.24) is 24.4 Å². The zero-order valence-corrected chi connectivity index (χ0v) is 15.2. The molecule has 1 aromatic carbocycles. The Morgan fingerprint density at radius 1 is 1.15 bits per heavy atom. The molecule has 1 aromatic heterocycles. The summed E-state index contributed by atoms with van der Waals surface area (Å²) in [6, 6.07) is 6.03. The van der Waals surface area contributed by atoms with Gasteiger partial charge in [-0.1, -0.05) is 12.1 Å². The Bertz CT molecular complexity index is 918. The lowest BCUT2D eigenvalue weighted by Crippen LogP contribution is -2.34. The number of rotatable bonds is 7. The van der Waals surface area contributed by atoms with E-state index in [0.717, 1.165) is 4.90 Å². The van der Waals surface area contributed by atoms with Crippen molar-refractivity contribution in [2.75, 3.05) is 12.3 Å². The average molecular weight is 377 g/mol. The summed E-state index contributed by atoms with van der Waals surface area (Å²) >= 11 is 0. The molecular formula is C16H19N5O4S. The van der Waals surface area contributed by atoms with Gasteiger partial charge in [-0.2, -0.15) is 0 Å². The highest BCUT2D eigenvalue weighted by atomic mass is 32.2. The molecule has 26 heavy (non-hydrogen) atoms. The maximum atomic E-state index is 12.3. The molecule has 2 heterocycles. The van der Waals surface area contributed by atoms with E-state index in [1.165, 1.54) is 6.33 Å². The van der Waals surface area contributed by atoms with Crippen molar-refractivity contribution < 1.29 is 18.0 Å². The van der Waals surface area contributed by atoms with Crippen LogP contribution in [-0.4, -0.2) is 52.2 Å². The first-order chi connectivity index (χ1) is 12.3. The Hall–Kier alpha value is -2.59. The van der Waals surface area contributed by atoms with Crippen LogP contribution in [-0.2, 0) is 17.1 Å². The van der Waals surface area contributed by atoms with Crippen LogP contribution in [0.2, 0.25) is 0 Å². The van der Waals surface area contributed by atoms with Gasteiger partial charge in [0, 0.05) is 13.6 Å². The predicted octanol–water partition coefficient (Wildman–Crippen LogP) is 0.482. The molecule has 1 atom stereocenters. The van der Waals surface area contributed by atoms with E-state index < -0.39 is 16.1 Å². The summed E-state index contributed by atoms with van der Waals surface area (Å²) in [6.07, 6.45) is 1.63. The molecule has 3 rings (SSSR count). The maximum absolute atomic E-state index is 12.3. The second kappa shape index (κ2) is 6.96. The van der Waals surface area contributed by atoms with Gasteiger partial charge in [-0.15, -0.1) is 10.2 Å². The molecule has 1 N–H and O–H groups in total. The molecule has 1 aliphatic heterocycles. The molecule has 1 aliphatic rings. The van der Waals surface area contributed by atoms with E-state index in [1.54, 1.807) is 42.8 Å². The van der Waals surface area contributed by atoms with Gasteiger partial charge >= 0.3 is 0 Å². The first-order valence-electron chi connectivity index (χ1n) is 8.09. The van der Waals surface area contributed by atoms with E-state index in [2.05, 4.69) is 14.9 Å². The molecule has 0 saturated carbocycles.